The van der Waals surface area contributed by atoms with Crippen LogP contribution in [0.5, 0.6) is 0 Å². The zero-order valence-electron chi connectivity index (χ0n) is 11.1. The number of rotatable bonds is 3. The Morgan fingerprint density at radius 2 is 1.89 bits per heavy atom. The summed E-state index contributed by atoms with van der Waals surface area (Å²) in [6.07, 6.45) is 0. The lowest BCUT2D eigenvalue weighted by atomic mass is 10.3. The van der Waals surface area contributed by atoms with Gasteiger partial charge in [-0.1, -0.05) is 18.2 Å². The van der Waals surface area contributed by atoms with Crippen molar-refractivity contribution in [2.24, 2.45) is 0 Å². The molecule has 3 aromatic rings. The molecule has 1 aromatic carbocycles. The summed E-state index contributed by atoms with van der Waals surface area (Å²) in [5.74, 6) is 1.90. The van der Waals surface area contributed by atoms with Crippen molar-refractivity contribution in [3.05, 3.63) is 54.0 Å². The maximum Gasteiger partial charge on any atom is 0.126 e. The minimum Gasteiger partial charge on any atom is -0.373 e. The van der Waals surface area contributed by atoms with Crippen LogP contribution in [0.1, 0.15) is 11.5 Å². The Morgan fingerprint density at radius 3 is 2.74 bits per heavy atom. The Bertz CT molecular complexity index is 715. The second-order valence-corrected chi connectivity index (χ2v) is 4.50. The van der Waals surface area contributed by atoms with Crippen molar-refractivity contribution in [1.29, 1.82) is 0 Å². The predicted octanol–water partition coefficient (Wildman–Crippen LogP) is 2.83. The Morgan fingerprint density at radius 1 is 1.05 bits per heavy atom. The molecular formula is C15H16N4. The summed E-state index contributed by atoms with van der Waals surface area (Å²) < 4.78 is 2.19. The number of para-hydroxylation sites is 2. The number of fused-ring (bicyclic) bond motifs is 1. The standard InChI is InChI=1S/C15H16N4/c1-11-17-13-7-3-4-8-14(13)19(11)10-12-6-5-9-15(16-2)18-12/h3-9H,10H2,1-2H3,(H,16,18). The lowest BCUT2D eigenvalue weighted by Crippen LogP contribution is -2.05. The fourth-order valence-electron chi connectivity index (χ4n) is 2.26. The summed E-state index contributed by atoms with van der Waals surface area (Å²) >= 11 is 0. The fraction of sp³-hybridized carbons (Fsp3) is 0.200. The third-order valence-corrected chi connectivity index (χ3v) is 3.23. The molecule has 19 heavy (non-hydrogen) atoms. The topological polar surface area (TPSA) is 42.7 Å². The Hall–Kier alpha value is -2.36. The molecule has 2 aromatic heterocycles. The minimum atomic E-state index is 0.738. The van der Waals surface area contributed by atoms with Gasteiger partial charge >= 0.3 is 0 Å². The van der Waals surface area contributed by atoms with Gasteiger partial charge in [0.25, 0.3) is 0 Å². The van der Waals surface area contributed by atoms with E-state index in [-0.39, 0.29) is 0 Å². The third kappa shape index (κ3) is 2.17. The first-order valence-electron chi connectivity index (χ1n) is 6.33. The molecule has 0 saturated carbocycles. The third-order valence-electron chi connectivity index (χ3n) is 3.23. The summed E-state index contributed by atoms with van der Waals surface area (Å²) in [6, 6.07) is 14.2. The largest absolute Gasteiger partial charge is 0.373 e. The Balaban J connectivity index is 2.02. The van der Waals surface area contributed by atoms with Crippen LogP contribution >= 0.6 is 0 Å². The number of aryl methyl sites for hydroxylation is 1. The van der Waals surface area contributed by atoms with Crippen LogP contribution in [0.25, 0.3) is 11.0 Å². The summed E-state index contributed by atoms with van der Waals surface area (Å²) in [6.45, 7) is 2.77. The van der Waals surface area contributed by atoms with Crippen LogP contribution in [0.2, 0.25) is 0 Å². The highest BCUT2D eigenvalue weighted by atomic mass is 15.1. The van der Waals surface area contributed by atoms with E-state index >= 15 is 0 Å². The molecule has 4 nitrogen and oxygen atoms in total. The van der Waals surface area contributed by atoms with Gasteiger partial charge in [-0.05, 0) is 31.2 Å². The molecular weight excluding hydrogens is 236 g/mol. The predicted molar refractivity (Wildman–Crippen MR) is 77.4 cm³/mol. The smallest absolute Gasteiger partial charge is 0.126 e. The van der Waals surface area contributed by atoms with Crippen molar-refractivity contribution in [1.82, 2.24) is 14.5 Å². The van der Waals surface area contributed by atoms with Crippen LogP contribution in [-0.4, -0.2) is 21.6 Å². The van der Waals surface area contributed by atoms with Gasteiger partial charge in [-0.15, -0.1) is 0 Å². The van der Waals surface area contributed by atoms with Gasteiger partial charge in [-0.3, -0.25) is 0 Å². The van der Waals surface area contributed by atoms with E-state index < -0.39 is 0 Å². The van der Waals surface area contributed by atoms with E-state index in [0.717, 1.165) is 34.9 Å². The van der Waals surface area contributed by atoms with Gasteiger partial charge in [-0.2, -0.15) is 0 Å². The Labute approximate surface area is 112 Å². The molecule has 0 aliphatic carbocycles. The first-order valence-corrected chi connectivity index (χ1v) is 6.33. The van der Waals surface area contributed by atoms with Crippen LogP contribution in [0.15, 0.2) is 42.5 Å². The number of hydrogen-bond donors (Lipinski definition) is 1. The van der Waals surface area contributed by atoms with E-state index in [9.17, 15) is 0 Å². The molecule has 0 saturated heterocycles. The first-order chi connectivity index (χ1) is 9.28. The van der Waals surface area contributed by atoms with Crippen LogP contribution in [0.4, 0.5) is 5.82 Å². The van der Waals surface area contributed by atoms with E-state index in [4.69, 9.17) is 0 Å². The van der Waals surface area contributed by atoms with Gasteiger partial charge in [-0.25, -0.2) is 9.97 Å². The molecule has 3 rings (SSSR count). The molecule has 0 bridgehead atoms. The van der Waals surface area contributed by atoms with Crippen molar-refractivity contribution >= 4 is 16.9 Å². The second kappa shape index (κ2) is 4.72. The van der Waals surface area contributed by atoms with Crippen molar-refractivity contribution in [3.63, 3.8) is 0 Å². The maximum absolute atomic E-state index is 4.57. The van der Waals surface area contributed by atoms with Gasteiger partial charge in [0.05, 0.1) is 23.3 Å². The van der Waals surface area contributed by atoms with Gasteiger partial charge in [0.1, 0.15) is 11.6 Å². The SMILES string of the molecule is CNc1cccc(Cn2c(C)nc3ccccc32)n1. The normalized spacial score (nSPS) is 10.8. The number of nitrogens with zero attached hydrogens (tertiary/aromatic N) is 3. The van der Waals surface area contributed by atoms with Gasteiger partial charge in [0.15, 0.2) is 0 Å². The molecule has 0 atom stereocenters. The number of aromatic nitrogens is 3. The van der Waals surface area contributed by atoms with Crippen molar-refractivity contribution in [3.8, 4) is 0 Å². The second-order valence-electron chi connectivity index (χ2n) is 4.50. The van der Waals surface area contributed by atoms with Crippen molar-refractivity contribution in [2.75, 3.05) is 12.4 Å². The number of nitrogens with one attached hydrogen (secondary N) is 1. The highest BCUT2D eigenvalue weighted by Gasteiger charge is 2.07. The number of hydrogen-bond acceptors (Lipinski definition) is 3. The van der Waals surface area contributed by atoms with Crippen molar-refractivity contribution < 1.29 is 0 Å². The van der Waals surface area contributed by atoms with E-state index in [1.807, 2.05) is 50.4 Å². The average molecular weight is 252 g/mol. The molecule has 0 aliphatic rings. The molecule has 96 valence electrons. The van der Waals surface area contributed by atoms with Crippen LogP contribution < -0.4 is 5.32 Å². The average Bonchev–Trinajstić information content (AvgIpc) is 2.76. The van der Waals surface area contributed by atoms with Gasteiger partial charge in [0.2, 0.25) is 0 Å². The molecule has 0 radical (unpaired) electrons. The summed E-state index contributed by atoms with van der Waals surface area (Å²) in [7, 11) is 1.88. The molecule has 0 unspecified atom stereocenters. The molecule has 1 N–H and O–H groups in total. The lowest BCUT2D eigenvalue weighted by molar-refractivity contribution is 0.765. The maximum atomic E-state index is 4.57. The number of pyridine rings is 1. The van der Waals surface area contributed by atoms with Crippen LogP contribution in [0.3, 0.4) is 0 Å². The quantitative estimate of drug-likeness (QED) is 0.779. The van der Waals surface area contributed by atoms with Crippen LogP contribution in [0, 0.1) is 6.92 Å². The van der Waals surface area contributed by atoms with Crippen molar-refractivity contribution in [2.45, 2.75) is 13.5 Å². The number of anilines is 1. The molecule has 0 aliphatic heterocycles. The minimum absolute atomic E-state index is 0.738. The monoisotopic (exact) mass is 252 g/mol. The van der Waals surface area contributed by atoms with E-state index in [1.54, 1.807) is 0 Å². The van der Waals surface area contributed by atoms with Crippen LogP contribution in [-0.2, 0) is 6.54 Å². The lowest BCUT2D eigenvalue weighted by Gasteiger charge is -2.07. The van der Waals surface area contributed by atoms with E-state index in [1.165, 1.54) is 0 Å². The fourth-order valence-corrected chi connectivity index (χ4v) is 2.26. The Kier molecular flexibility index (Phi) is 2.91. The number of imidazole rings is 1. The molecule has 0 spiro atoms. The molecule has 4 heteroatoms. The van der Waals surface area contributed by atoms with E-state index in [0.29, 0.717) is 0 Å². The van der Waals surface area contributed by atoms with E-state index in [2.05, 4.69) is 25.9 Å². The number of benzene rings is 1. The summed E-state index contributed by atoms with van der Waals surface area (Å²) in [5, 5.41) is 3.06. The molecule has 0 amide bonds. The van der Waals surface area contributed by atoms with Gasteiger partial charge < -0.3 is 9.88 Å². The molecule has 0 fully saturated rings. The molecule has 2 heterocycles. The van der Waals surface area contributed by atoms with Gasteiger partial charge in [0, 0.05) is 7.05 Å². The zero-order chi connectivity index (χ0) is 13.2. The summed E-state index contributed by atoms with van der Waals surface area (Å²) in [4.78, 5) is 9.13. The first kappa shape index (κ1) is 11.7. The zero-order valence-corrected chi connectivity index (χ0v) is 11.1. The highest BCUT2D eigenvalue weighted by Crippen LogP contribution is 2.17. The highest BCUT2D eigenvalue weighted by molar-refractivity contribution is 5.75. The summed E-state index contributed by atoms with van der Waals surface area (Å²) in [5.41, 5.74) is 3.21.